The Labute approximate surface area is 109 Å². The smallest absolute Gasteiger partial charge is 0.342 e. The Kier molecular flexibility index (Phi) is 4.02. The highest BCUT2D eigenvalue weighted by molar-refractivity contribution is 6.03. The number of carbonyl (C=O) groups excluding carboxylic acids is 2. The first kappa shape index (κ1) is 12.9. The van der Waals surface area contributed by atoms with Gasteiger partial charge in [-0.3, -0.25) is 0 Å². The average molecular weight is 262 g/mol. The van der Waals surface area contributed by atoms with Crippen molar-refractivity contribution in [2.45, 2.75) is 6.42 Å². The predicted molar refractivity (Wildman–Crippen MR) is 68.7 cm³/mol. The van der Waals surface area contributed by atoms with Crippen LogP contribution in [0.3, 0.4) is 0 Å². The lowest BCUT2D eigenvalue weighted by Gasteiger charge is -2.03. The molecule has 0 atom stereocenters. The van der Waals surface area contributed by atoms with Crippen molar-refractivity contribution in [2.24, 2.45) is 5.73 Å². The summed E-state index contributed by atoms with van der Waals surface area (Å²) < 4.78 is 10.3. The molecule has 6 heteroatoms. The third-order valence-corrected chi connectivity index (χ3v) is 2.55. The van der Waals surface area contributed by atoms with Crippen LogP contribution in [0, 0.1) is 0 Å². The summed E-state index contributed by atoms with van der Waals surface area (Å²) in [6, 6.07) is 6.64. The first-order valence-electron chi connectivity index (χ1n) is 5.85. The third-order valence-electron chi connectivity index (χ3n) is 2.55. The zero-order chi connectivity index (χ0) is 13.7. The molecule has 6 nitrogen and oxygen atoms in total. The summed E-state index contributed by atoms with van der Waals surface area (Å²) in [6.45, 7) is 0.577. The number of urea groups is 1. The Hall–Kier alpha value is -2.50. The number of nitrogens with one attached hydrogen (secondary N) is 1. The molecule has 0 unspecified atom stereocenters. The number of hydrogen-bond acceptors (Lipinski definition) is 4. The lowest BCUT2D eigenvalue weighted by Crippen LogP contribution is -2.30. The van der Waals surface area contributed by atoms with Crippen molar-refractivity contribution in [2.75, 3.05) is 13.2 Å². The van der Waals surface area contributed by atoms with Crippen molar-refractivity contribution in [3.63, 3.8) is 0 Å². The molecule has 1 heterocycles. The Morgan fingerprint density at radius 2 is 2.11 bits per heavy atom. The van der Waals surface area contributed by atoms with E-state index in [9.17, 15) is 9.59 Å². The normalized spacial score (nSPS) is 10.3. The highest BCUT2D eigenvalue weighted by Gasteiger charge is 2.14. The van der Waals surface area contributed by atoms with Gasteiger partial charge in [-0.15, -0.1) is 0 Å². The van der Waals surface area contributed by atoms with Crippen molar-refractivity contribution in [1.82, 2.24) is 5.32 Å². The van der Waals surface area contributed by atoms with Gasteiger partial charge < -0.3 is 20.2 Å². The molecule has 0 saturated carbocycles. The van der Waals surface area contributed by atoms with Crippen molar-refractivity contribution in [3.8, 4) is 0 Å². The molecule has 19 heavy (non-hydrogen) atoms. The molecule has 0 aliphatic rings. The number of furan rings is 1. The second kappa shape index (κ2) is 5.90. The van der Waals surface area contributed by atoms with Crippen LogP contribution in [0.1, 0.15) is 16.8 Å². The molecule has 0 fully saturated rings. The van der Waals surface area contributed by atoms with Crippen molar-refractivity contribution < 1.29 is 18.7 Å². The standard InChI is InChI=1S/C13H14N2O4/c14-13(17)15-6-3-7-18-12(16)10-8-19-11-5-2-1-4-9(10)11/h1-2,4-5,8H,3,6-7H2,(H3,14,15,17). The van der Waals surface area contributed by atoms with Gasteiger partial charge in [-0.25, -0.2) is 9.59 Å². The average Bonchev–Trinajstić information content (AvgIpc) is 2.81. The fraction of sp³-hybridized carbons (Fsp3) is 0.231. The minimum atomic E-state index is -0.591. The first-order valence-corrected chi connectivity index (χ1v) is 5.85. The topological polar surface area (TPSA) is 94.6 Å². The fourth-order valence-corrected chi connectivity index (χ4v) is 1.66. The summed E-state index contributed by atoms with van der Waals surface area (Å²) >= 11 is 0. The number of para-hydroxylation sites is 1. The molecule has 0 aliphatic heterocycles. The van der Waals surface area contributed by atoms with Gasteiger partial charge in [0.05, 0.1) is 6.61 Å². The van der Waals surface area contributed by atoms with E-state index in [1.165, 1.54) is 6.26 Å². The zero-order valence-electron chi connectivity index (χ0n) is 10.2. The Morgan fingerprint density at radius 1 is 1.32 bits per heavy atom. The Morgan fingerprint density at radius 3 is 2.89 bits per heavy atom. The van der Waals surface area contributed by atoms with Gasteiger partial charge in [-0.2, -0.15) is 0 Å². The van der Waals surface area contributed by atoms with Crippen LogP contribution in [0.25, 0.3) is 11.0 Å². The van der Waals surface area contributed by atoms with Crippen molar-refractivity contribution in [1.29, 1.82) is 0 Å². The molecule has 3 N–H and O–H groups in total. The number of benzene rings is 1. The van der Waals surface area contributed by atoms with Crippen LogP contribution in [0.5, 0.6) is 0 Å². The molecule has 0 saturated heterocycles. The summed E-state index contributed by atoms with van der Waals surface area (Å²) in [4.78, 5) is 22.2. The lowest BCUT2D eigenvalue weighted by atomic mass is 10.2. The summed E-state index contributed by atoms with van der Waals surface area (Å²) in [5.74, 6) is -0.441. The van der Waals surface area contributed by atoms with Crippen molar-refractivity contribution >= 4 is 23.0 Å². The van der Waals surface area contributed by atoms with Gasteiger partial charge in [0.1, 0.15) is 17.4 Å². The maximum absolute atomic E-state index is 11.8. The number of carbonyl (C=O) groups is 2. The largest absolute Gasteiger partial charge is 0.463 e. The zero-order valence-corrected chi connectivity index (χ0v) is 10.2. The van der Waals surface area contributed by atoms with Crippen molar-refractivity contribution in [3.05, 3.63) is 36.1 Å². The quantitative estimate of drug-likeness (QED) is 0.632. The second-order valence-corrected chi connectivity index (χ2v) is 3.93. The first-order chi connectivity index (χ1) is 9.18. The lowest BCUT2D eigenvalue weighted by molar-refractivity contribution is 0.0503. The number of rotatable bonds is 5. The van der Waals surface area contributed by atoms with Crippen LogP contribution in [0.2, 0.25) is 0 Å². The minimum Gasteiger partial charge on any atom is -0.463 e. The molecule has 2 rings (SSSR count). The fourth-order valence-electron chi connectivity index (χ4n) is 1.66. The molecule has 1 aromatic heterocycles. The van der Waals surface area contributed by atoms with Gasteiger partial charge in [-0.1, -0.05) is 18.2 Å². The number of amides is 2. The monoisotopic (exact) mass is 262 g/mol. The molecule has 0 radical (unpaired) electrons. The molecular weight excluding hydrogens is 248 g/mol. The molecule has 0 aliphatic carbocycles. The van der Waals surface area contributed by atoms with Crippen LogP contribution < -0.4 is 11.1 Å². The molecule has 2 aromatic rings. The summed E-state index contributed by atoms with van der Waals surface area (Å²) in [6.07, 6.45) is 1.89. The molecular formula is C13H14N2O4. The maximum Gasteiger partial charge on any atom is 0.342 e. The van der Waals surface area contributed by atoms with Gasteiger partial charge in [0.2, 0.25) is 0 Å². The highest BCUT2D eigenvalue weighted by Crippen LogP contribution is 2.21. The van der Waals surface area contributed by atoms with Gasteiger partial charge in [0.15, 0.2) is 0 Å². The number of fused-ring (bicyclic) bond motifs is 1. The van der Waals surface area contributed by atoms with Crippen LogP contribution in [0.15, 0.2) is 34.9 Å². The van der Waals surface area contributed by atoms with Gasteiger partial charge in [-0.05, 0) is 12.5 Å². The van der Waals surface area contributed by atoms with E-state index >= 15 is 0 Å². The SMILES string of the molecule is NC(=O)NCCCOC(=O)c1coc2ccccc12. The second-order valence-electron chi connectivity index (χ2n) is 3.93. The van der Waals surface area contributed by atoms with E-state index in [2.05, 4.69) is 5.32 Å². The van der Waals surface area contributed by atoms with E-state index < -0.39 is 12.0 Å². The van der Waals surface area contributed by atoms with Crippen LogP contribution >= 0.6 is 0 Å². The molecule has 1 aromatic carbocycles. The van der Waals surface area contributed by atoms with E-state index in [0.717, 1.165) is 5.39 Å². The van der Waals surface area contributed by atoms with Gasteiger partial charge in [0.25, 0.3) is 0 Å². The molecule has 2 amide bonds. The number of primary amides is 1. The van der Waals surface area contributed by atoms with E-state index in [-0.39, 0.29) is 6.61 Å². The number of hydrogen-bond donors (Lipinski definition) is 2. The minimum absolute atomic E-state index is 0.207. The number of ether oxygens (including phenoxy) is 1. The summed E-state index contributed by atoms with van der Waals surface area (Å²) in [5.41, 5.74) is 5.95. The van der Waals surface area contributed by atoms with E-state index in [1.54, 1.807) is 12.1 Å². The van der Waals surface area contributed by atoms with Crippen LogP contribution in [-0.4, -0.2) is 25.2 Å². The number of nitrogens with two attached hydrogens (primary N) is 1. The van der Waals surface area contributed by atoms with E-state index in [0.29, 0.717) is 24.1 Å². The molecule has 0 bridgehead atoms. The molecule has 0 spiro atoms. The maximum atomic E-state index is 11.8. The number of esters is 1. The van der Waals surface area contributed by atoms with E-state index in [1.807, 2.05) is 12.1 Å². The summed E-state index contributed by atoms with van der Waals surface area (Å²) in [5, 5.41) is 3.14. The van der Waals surface area contributed by atoms with Crippen LogP contribution in [-0.2, 0) is 4.74 Å². The van der Waals surface area contributed by atoms with Gasteiger partial charge in [0, 0.05) is 11.9 Å². The molecule has 100 valence electrons. The van der Waals surface area contributed by atoms with Crippen LogP contribution in [0.4, 0.5) is 4.79 Å². The highest BCUT2D eigenvalue weighted by atomic mass is 16.5. The third kappa shape index (κ3) is 3.25. The van der Waals surface area contributed by atoms with E-state index in [4.69, 9.17) is 14.9 Å². The Balaban J connectivity index is 1.88. The summed E-state index contributed by atoms with van der Waals surface area (Å²) in [7, 11) is 0. The predicted octanol–water partition coefficient (Wildman–Crippen LogP) is 1.65. The van der Waals surface area contributed by atoms with Gasteiger partial charge >= 0.3 is 12.0 Å². The Bertz CT molecular complexity index is 591.